The molecule has 0 N–H and O–H groups in total. The maximum Gasteiger partial charge on any atom is 0.135 e. The summed E-state index contributed by atoms with van der Waals surface area (Å²) in [4.78, 5) is 9.58. The molecular formula is C56H63N4OPt-3. The molecule has 8 rings (SSSR count). The Bertz CT molecular complexity index is 2760. The van der Waals surface area contributed by atoms with E-state index in [1.165, 1.54) is 33.5 Å². The van der Waals surface area contributed by atoms with E-state index in [1.807, 2.05) is 18.3 Å². The minimum absolute atomic E-state index is 0. The zero-order valence-corrected chi connectivity index (χ0v) is 41.7. The van der Waals surface area contributed by atoms with Crippen molar-refractivity contribution < 1.29 is 25.8 Å². The topological polar surface area (TPSA) is 33.5 Å². The standard InChI is InChI=1S/C56H63N4O.Pt/c1-52(2,3)36-25-26-57-50(32-36)60-47-22-17-16-21-44(47)45-24-23-43(34-48(45)60)61-42-20-18-19-40(33-42)59-35-58(41-28-37(53(4,5)6)27-38(29-41)54(7,8)9)49-31-39(55(10,11)12)30-46(51(49)59)56(13,14)15;/h16-32,35H,1-15H3;/q-3;. The van der Waals surface area contributed by atoms with Crippen LogP contribution in [0.25, 0.3) is 27.6 Å². The van der Waals surface area contributed by atoms with Crippen molar-refractivity contribution in [3.05, 3.63) is 150 Å². The third kappa shape index (κ3) is 8.59. The van der Waals surface area contributed by atoms with Gasteiger partial charge in [-0.05, 0) is 96.7 Å². The minimum Gasteiger partial charge on any atom is -0.509 e. The van der Waals surface area contributed by atoms with Crippen molar-refractivity contribution in [3.63, 3.8) is 0 Å². The van der Waals surface area contributed by atoms with Crippen molar-refractivity contribution in [1.29, 1.82) is 0 Å². The van der Waals surface area contributed by atoms with Gasteiger partial charge in [0.25, 0.3) is 0 Å². The molecule has 5 aromatic carbocycles. The Kier molecular flexibility index (Phi) is 11.5. The van der Waals surface area contributed by atoms with Gasteiger partial charge in [-0.3, -0.25) is 0 Å². The number of pyridine rings is 1. The summed E-state index contributed by atoms with van der Waals surface area (Å²) in [6, 6.07) is 42.4. The molecule has 5 nitrogen and oxygen atoms in total. The molecule has 7 aromatic rings. The fourth-order valence-corrected chi connectivity index (χ4v) is 8.23. The first kappa shape index (κ1) is 45.2. The summed E-state index contributed by atoms with van der Waals surface area (Å²) in [5, 5.41) is 2.25. The average molecular weight is 1000 g/mol. The number of ether oxygens (including phenoxy) is 1. The Morgan fingerprint density at radius 1 is 0.532 bits per heavy atom. The second-order valence-corrected chi connectivity index (χ2v) is 22.1. The van der Waals surface area contributed by atoms with Crippen LogP contribution in [0, 0.1) is 18.8 Å². The predicted octanol–water partition coefficient (Wildman–Crippen LogP) is 15.5. The van der Waals surface area contributed by atoms with Crippen molar-refractivity contribution >= 4 is 44.6 Å². The van der Waals surface area contributed by atoms with Crippen molar-refractivity contribution in [3.8, 4) is 17.3 Å². The molecule has 326 valence electrons. The van der Waals surface area contributed by atoms with Gasteiger partial charge in [-0.1, -0.05) is 140 Å². The Balaban J connectivity index is 0.00000578. The molecule has 0 fully saturated rings. The minimum atomic E-state index is -0.143. The van der Waals surface area contributed by atoms with Gasteiger partial charge in [-0.15, -0.1) is 48.1 Å². The van der Waals surface area contributed by atoms with E-state index in [9.17, 15) is 0 Å². The Labute approximate surface area is 385 Å². The van der Waals surface area contributed by atoms with Crippen LogP contribution in [0.2, 0.25) is 0 Å². The van der Waals surface area contributed by atoms with E-state index >= 15 is 0 Å². The SMILES string of the molecule is CC(C)(C)c1cc(N2[CH-]N(c3[c-]c(Oc4[c-]c5c(cc4)c4ccccc4n5-c4cc(C(C)(C)C)ccn4)ccc3)c3c2cc(C(C)(C)C)cc3C(C)(C)C)cc(C(C)(C)C)c1.[Pt]. The first-order valence-corrected chi connectivity index (χ1v) is 21.8. The van der Waals surface area contributed by atoms with Crippen LogP contribution in [0.15, 0.2) is 103 Å². The zero-order valence-electron chi connectivity index (χ0n) is 39.4. The summed E-state index contributed by atoms with van der Waals surface area (Å²) in [6.45, 7) is 36.7. The first-order chi connectivity index (χ1) is 28.4. The molecule has 0 unspecified atom stereocenters. The van der Waals surface area contributed by atoms with Gasteiger partial charge in [0, 0.05) is 61.3 Å². The van der Waals surface area contributed by atoms with Crippen LogP contribution in [0.3, 0.4) is 0 Å². The van der Waals surface area contributed by atoms with Crippen LogP contribution < -0.4 is 14.5 Å². The van der Waals surface area contributed by atoms with Gasteiger partial charge in [0.1, 0.15) is 5.82 Å². The van der Waals surface area contributed by atoms with Gasteiger partial charge in [-0.25, -0.2) is 4.98 Å². The number of fused-ring (bicyclic) bond motifs is 4. The summed E-state index contributed by atoms with van der Waals surface area (Å²) in [6.07, 6.45) is 1.91. The number of hydrogen-bond donors (Lipinski definition) is 0. The summed E-state index contributed by atoms with van der Waals surface area (Å²) in [5.74, 6) is 2.09. The van der Waals surface area contributed by atoms with E-state index in [4.69, 9.17) is 9.72 Å². The first-order valence-electron chi connectivity index (χ1n) is 21.8. The molecule has 0 aliphatic carbocycles. The van der Waals surface area contributed by atoms with Crippen LogP contribution in [-0.2, 0) is 48.1 Å². The predicted molar refractivity (Wildman–Crippen MR) is 258 cm³/mol. The molecular weight excluding hydrogens is 940 g/mol. The summed E-state index contributed by atoms with van der Waals surface area (Å²) in [7, 11) is 0. The molecule has 0 bridgehead atoms. The van der Waals surface area contributed by atoms with Gasteiger partial charge >= 0.3 is 0 Å². The second kappa shape index (κ2) is 15.7. The van der Waals surface area contributed by atoms with Crippen LogP contribution >= 0.6 is 0 Å². The Morgan fingerprint density at radius 3 is 1.77 bits per heavy atom. The number of para-hydroxylation sites is 1. The van der Waals surface area contributed by atoms with Gasteiger partial charge in [0.05, 0.1) is 0 Å². The number of nitrogens with zero attached hydrogens (tertiary/aromatic N) is 4. The van der Waals surface area contributed by atoms with E-state index in [2.05, 4.69) is 222 Å². The number of rotatable bonds is 5. The number of aromatic nitrogens is 2. The van der Waals surface area contributed by atoms with Gasteiger partial charge in [0.15, 0.2) is 0 Å². The second-order valence-electron chi connectivity index (χ2n) is 22.1. The fourth-order valence-electron chi connectivity index (χ4n) is 8.23. The summed E-state index contributed by atoms with van der Waals surface area (Å²) < 4.78 is 8.93. The maximum absolute atomic E-state index is 6.72. The van der Waals surface area contributed by atoms with Gasteiger partial charge in [-0.2, -0.15) is 12.1 Å². The summed E-state index contributed by atoms with van der Waals surface area (Å²) in [5.41, 5.74) is 12.6. The van der Waals surface area contributed by atoms with Crippen molar-refractivity contribution in [2.45, 2.75) is 131 Å². The molecule has 1 aliphatic rings. The van der Waals surface area contributed by atoms with E-state index in [-0.39, 0.29) is 48.1 Å². The van der Waals surface area contributed by atoms with E-state index < -0.39 is 0 Å². The van der Waals surface area contributed by atoms with E-state index in [1.54, 1.807) is 0 Å². The van der Waals surface area contributed by atoms with Crippen LogP contribution in [0.1, 0.15) is 132 Å². The van der Waals surface area contributed by atoms with Crippen molar-refractivity contribution in [1.82, 2.24) is 9.55 Å². The molecule has 0 spiro atoms. The monoisotopic (exact) mass is 1000 g/mol. The molecule has 0 saturated carbocycles. The molecule has 1 aliphatic heterocycles. The number of anilines is 4. The van der Waals surface area contributed by atoms with Gasteiger partial charge in [0.2, 0.25) is 0 Å². The molecule has 0 atom stereocenters. The Morgan fingerprint density at radius 2 is 1.15 bits per heavy atom. The van der Waals surface area contributed by atoms with Crippen LogP contribution in [0.5, 0.6) is 11.5 Å². The normalized spacial score (nSPS) is 13.8. The molecule has 0 amide bonds. The third-order valence-electron chi connectivity index (χ3n) is 12.1. The summed E-state index contributed by atoms with van der Waals surface area (Å²) >= 11 is 0. The molecule has 3 heterocycles. The smallest absolute Gasteiger partial charge is 0.135 e. The molecule has 2 aromatic heterocycles. The zero-order chi connectivity index (χ0) is 44.0. The fraction of sp³-hybridized carbons (Fsp3) is 0.357. The molecule has 0 radical (unpaired) electrons. The Hall–Kier alpha value is -4.86. The van der Waals surface area contributed by atoms with Crippen molar-refractivity contribution in [2.24, 2.45) is 0 Å². The molecule has 0 saturated heterocycles. The molecule has 62 heavy (non-hydrogen) atoms. The number of hydrogen-bond acceptors (Lipinski definition) is 4. The average Bonchev–Trinajstić information content (AvgIpc) is 3.72. The van der Waals surface area contributed by atoms with E-state index in [0.717, 1.165) is 44.7 Å². The quantitative estimate of drug-likeness (QED) is 0.161. The van der Waals surface area contributed by atoms with Crippen molar-refractivity contribution in [2.75, 3.05) is 9.80 Å². The van der Waals surface area contributed by atoms with Crippen LogP contribution in [0.4, 0.5) is 22.7 Å². The van der Waals surface area contributed by atoms with E-state index in [0.29, 0.717) is 11.5 Å². The van der Waals surface area contributed by atoms with Crippen LogP contribution in [-0.4, -0.2) is 9.55 Å². The maximum atomic E-state index is 6.72. The van der Waals surface area contributed by atoms with Gasteiger partial charge < -0.3 is 19.1 Å². The molecule has 6 heteroatoms. The largest absolute Gasteiger partial charge is 0.509 e. The number of benzene rings is 5. The third-order valence-corrected chi connectivity index (χ3v) is 12.1.